The molecule has 2 rings (SSSR count). The summed E-state index contributed by atoms with van der Waals surface area (Å²) in [6.07, 6.45) is 7.25. The van der Waals surface area contributed by atoms with Crippen molar-refractivity contribution in [2.75, 3.05) is 6.54 Å². The maximum absolute atomic E-state index is 12.8. The SMILES string of the molecule is C[C@@H]1CCC[C@H](C)N1C(=O)N(CC(=O)O)C1CCCC1. The maximum atomic E-state index is 12.8. The van der Waals surface area contributed by atoms with Gasteiger partial charge in [0.05, 0.1) is 0 Å². The van der Waals surface area contributed by atoms with Crippen LogP contribution in [0.5, 0.6) is 0 Å². The first kappa shape index (κ1) is 15.1. The van der Waals surface area contributed by atoms with Gasteiger partial charge in [-0.1, -0.05) is 12.8 Å². The smallest absolute Gasteiger partial charge is 0.323 e. The molecular weight excluding hydrogens is 256 g/mol. The summed E-state index contributed by atoms with van der Waals surface area (Å²) in [6, 6.07) is 0.465. The number of carboxylic acids is 1. The molecule has 1 aliphatic heterocycles. The van der Waals surface area contributed by atoms with Gasteiger partial charge < -0.3 is 14.9 Å². The van der Waals surface area contributed by atoms with E-state index in [0.29, 0.717) is 0 Å². The van der Waals surface area contributed by atoms with Crippen molar-refractivity contribution in [3.8, 4) is 0 Å². The molecule has 0 spiro atoms. The van der Waals surface area contributed by atoms with Crippen molar-refractivity contribution in [3.63, 3.8) is 0 Å². The number of nitrogens with zero attached hydrogens (tertiary/aromatic N) is 2. The number of hydrogen-bond donors (Lipinski definition) is 1. The third kappa shape index (κ3) is 3.25. The van der Waals surface area contributed by atoms with Crippen LogP contribution < -0.4 is 0 Å². The molecule has 0 radical (unpaired) electrons. The summed E-state index contributed by atoms with van der Waals surface area (Å²) >= 11 is 0. The topological polar surface area (TPSA) is 60.9 Å². The second kappa shape index (κ2) is 6.46. The molecular formula is C15H26N2O3. The summed E-state index contributed by atoms with van der Waals surface area (Å²) < 4.78 is 0. The van der Waals surface area contributed by atoms with Crippen molar-refractivity contribution in [1.29, 1.82) is 0 Å². The molecule has 2 amide bonds. The molecule has 0 unspecified atom stereocenters. The summed E-state index contributed by atoms with van der Waals surface area (Å²) in [5.41, 5.74) is 0. The Hall–Kier alpha value is -1.26. The summed E-state index contributed by atoms with van der Waals surface area (Å²) in [6.45, 7) is 3.97. The minimum Gasteiger partial charge on any atom is -0.480 e. The van der Waals surface area contributed by atoms with E-state index in [1.807, 2.05) is 4.90 Å². The molecule has 1 heterocycles. The lowest BCUT2D eigenvalue weighted by atomic mass is 9.98. The molecule has 1 aliphatic carbocycles. The molecule has 0 aromatic rings. The number of piperidine rings is 1. The highest BCUT2D eigenvalue weighted by Gasteiger charge is 2.36. The zero-order valence-corrected chi connectivity index (χ0v) is 12.5. The first-order valence-electron chi connectivity index (χ1n) is 7.81. The fourth-order valence-electron chi connectivity index (χ4n) is 3.66. The molecule has 2 fully saturated rings. The van der Waals surface area contributed by atoms with Crippen molar-refractivity contribution in [2.24, 2.45) is 0 Å². The van der Waals surface area contributed by atoms with Crippen LogP contribution in [0.3, 0.4) is 0 Å². The summed E-state index contributed by atoms with van der Waals surface area (Å²) in [5.74, 6) is -0.914. The van der Waals surface area contributed by atoms with Gasteiger partial charge in [-0.25, -0.2) is 4.79 Å². The highest BCUT2D eigenvalue weighted by atomic mass is 16.4. The standard InChI is InChI=1S/C15H26N2O3/c1-11-6-5-7-12(2)17(11)15(20)16(10-14(18)19)13-8-3-4-9-13/h11-13H,3-10H2,1-2H3,(H,18,19)/t11-,12+. The molecule has 20 heavy (non-hydrogen) atoms. The Morgan fingerprint density at radius 1 is 1.05 bits per heavy atom. The second-order valence-electron chi connectivity index (χ2n) is 6.28. The quantitative estimate of drug-likeness (QED) is 0.865. The van der Waals surface area contributed by atoms with E-state index in [1.165, 1.54) is 0 Å². The summed E-state index contributed by atoms with van der Waals surface area (Å²) in [5, 5.41) is 9.11. The number of carboxylic acid groups (broad SMARTS) is 1. The fourth-order valence-corrected chi connectivity index (χ4v) is 3.66. The molecule has 0 bridgehead atoms. The zero-order valence-electron chi connectivity index (χ0n) is 12.5. The van der Waals surface area contributed by atoms with Gasteiger partial charge in [-0.05, 0) is 46.0 Å². The largest absolute Gasteiger partial charge is 0.480 e. The van der Waals surface area contributed by atoms with Crippen LogP contribution in [0.2, 0.25) is 0 Å². The molecule has 5 heteroatoms. The highest BCUT2D eigenvalue weighted by Crippen LogP contribution is 2.28. The monoisotopic (exact) mass is 282 g/mol. The van der Waals surface area contributed by atoms with Crippen LogP contribution in [0.15, 0.2) is 0 Å². The van der Waals surface area contributed by atoms with E-state index in [4.69, 9.17) is 5.11 Å². The number of carbonyl (C=O) groups excluding carboxylic acids is 1. The van der Waals surface area contributed by atoms with E-state index >= 15 is 0 Å². The lowest BCUT2D eigenvalue weighted by Crippen LogP contribution is -2.56. The van der Waals surface area contributed by atoms with E-state index in [1.54, 1.807) is 4.90 Å². The van der Waals surface area contributed by atoms with Crippen molar-refractivity contribution in [3.05, 3.63) is 0 Å². The first-order chi connectivity index (χ1) is 9.50. The normalized spacial score (nSPS) is 27.6. The van der Waals surface area contributed by atoms with Gasteiger partial charge in [0.25, 0.3) is 0 Å². The molecule has 0 aromatic heterocycles. The Morgan fingerprint density at radius 2 is 1.60 bits per heavy atom. The second-order valence-corrected chi connectivity index (χ2v) is 6.28. The number of carbonyl (C=O) groups is 2. The summed E-state index contributed by atoms with van der Waals surface area (Å²) in [4.78, 5) is 27.4. The number of aliphatic carboxylic acids is 1. The van der Waals surface area contributed by atoms with Crippen LogP contribution >= 0.6 is 0 Å². The fraction of sp³-hybridized carbons (Fsp3) is 0.867. The molecule has 5 nitrogen and oxygen atoms in total. The molecule has 1 saturated carbocycles. The van der Waals surface area contributed by atoms with E-state index in [9.17, 15) is 9.59 Å². The number of urea groups is 1. The Kier molecular flexibility index (Phi) is 4.89. The van der Waals surface area contributed by atoms with Gasteiger partial charge in [-0.2, -0.15) is 0 Å². The number of likely N-dealkylation sites (tertiary alicyclic amines) is 1. The molecule has 1 N–H and O–H groups in total. The Balaban J connectivity index is 2.13. The average molecular weight is 282 g/mol. The van der Waals surface area contributed by atoms with Crippen molar-refractivity contribution in [2.45, 2.75) is 76.9 Å². The molecule has 114 valence electrons. The van der Waals surface area contributed by atoms with Gasteiger partial charge in [0.15, 0.2) is 0 Å². The van der Waals surface area contributed by atoms with Gasteiger partial charge in [0.1, 0.15) is 6.54 Å². The molecule has 2 atom stereocenters. The van der Waals surface area contributed by atoms with Gasteiger partial charge in [-0.15, -0.1) is 0 Å². The lowest BCUT2D eigenvalue weighted by molar-refractivity contribution is -0.138. The number of amides is 2. The highest BCUT2D eigenvalue weighted by molar-refractivity contribution is 5.81. The first-order valence-corrected chi connectivity index (χ1v) is 7.81. The van der Waals surface area contributed by atoms with Crippen molar-refractivity contribution in [1.82, 2.24) is 9.80 Å². The molecule has 2 aliphatic rings. The van der Waals surface area contributed by atoms with Gasteiger partial charge in [-0.3, -0.25) is 4.79 Å². The average Bonchev–Trinajstić information content (AvgIpc) is 2.88. The van der Waals surface area contributed by atoms with E-state index in [-0.39, 0.29) is 30.7 Å². The van der Waals surface area contributed by atoms with Crippen LogP contribution in [-0.2, 0) is 4.79 Å². The van der Waals surface area contributed by atoms with Gasteiger partial charge in [0.2, 0.25) is 0 Å². The van der Waals surface area contributed by atoms with Gasteiger partial charge in [0, 0.05) is 18.1 Å². The minimum atomic E-state index is -0.914. The van der Waals surface area contributed by atoms with Crippen LogP contribution in [-0.4, -0.2) is 51.6 Å². The van der Waals surface area contributed by atoms with Gasteiger partial charge >= 0.3 is 12.0 Å². The predicted octanol–water partition coefficient (Wildman–Crippen LogP) is 2.70. The number of rotatable bonds is 3. The van der Waals surface area contributed by atoms with Crippen LogP contribution in [0.25, 0.3) is 0 Å². The molecule has 0 aromatic carbocycles. The van der Waals surface area contributed by atoms with Crippen molar-refractivity contribution < 1.29 is 14.7 Å². The number of hydrogen-bond acceptors (Lipinski definition) is 2. The Labute approximate surface area is 120 Å². The minimum absolute atomic E-state index is 0.0704. The Bertz CT molecular complexity index is 356. The van der Waals surface area contributed by atoms with E-state index in [0.717, 1.165) is 44.9 Å². The Morgan fingerprint density at radius 3 is 2.10 bits per heavy atom. The third-order valence-electron chi connectivity index (χ3n) is 4.73. The van der Waals surface area contributed by atoms with Crippen LogP contribution in [0.1, 0.15) is 58.8 Å². The third-order valence-corrected chi connectivity index (χ3v) is 4.73. The van der Waals surface area contributed by atoms with E-state index < -0.39 is 5.97 Å². The predicted molar refractivity (Wildman–Crippen MR) is 76.6 cm³/mol. The maximum Gasteiger partial charge on any atom is 0.323 e. The van der Waals surface area contributed by atoms with E-state index in [2.05, 4.69) is 13.8 Å². The summed E-state index contributed by atoms with van der Waals surface area (Å²) in [7, 11) is 0. The van der Waals surface area contributed by atoms with Crippen LogP contribution in [0.4, 0.5) is 4.79 Å². The zero-order chi connectivity index (χ0) is 14.7. The molecule has 1 saturated heterocycles. The lowest BCUT2D eigenvalue weighted by Gasteiger charge is -2.43. The van der Waals surface area contributed by atoms with Crippen LogP contribution in [0, 0.1) is 0 Å². The van der Waals surface area contributed by atoms with Crippen molar-refractivity contribution >= 4 is 12.0 Å².